The molecule has 0 aromatic heterocycles. The maximum Gasteiger partial charge on any atom is 0.252 e. The van der Waals surface area contributed by atoms with Crippen molar-refractivity contribution in [1.82, 2.24) is 10.6 Å². The molecule has 1 aliphatic heterocycles. The summed E-state index contributed by atoms with van der Waals surface area (Å²) in [5, 5.41) is 6.38. The normalized spacial score (nSPS) is 19.3. The fraction of sp³-hybridized carbons (Fsp3) is 0.462. The molecule has 1 aliphatic rings. The van der Waals surface area contributed by atoms with Crippen LogP contribution in [0.5, 0.6) is 0 Å². The maximum absolute atomic E-state index is 12.0. The van der Waals surface area contributed by atoms with Crippen LogP contribution in [0.4, 0.5) is 0 Å². The van der Waals surface area contributed by atoms with Crippen LogP contribution in [0.25, 0.3) is 0 Å². The topological polar surface area (TPSA) is 41.1 Å². The second-order valence-corrected chi connectivity index (χ2v) is 5.65. The van der Waals surface area contributed by atoms with Crippen molar-refractivity contribution in [2.24, 2.45) is 0 Å². The summed E-state index contributed by atoms with van der Waals surface area (Å²) in [4.78, 5) is 12.0. The number of halogens is 1. The lowest BCUT2D eigenvalue weighted by atomic mass is 10.1. The number of benzene rings is 1. The van der Waals surface area contributed by atoms with Gasteiger partial charge in [-0.25, -0.2) is 0 Å². The van der Waals surface area contributed by atoms with Gasteiger partial charge in [0.05, 0.1) is 5.56 Å². The van der Waals surface area contributed by atoms with Gasteiger partial charge < -0.3 is 10.6 Å². The van der Waals surface area contributed by atoms with E-state index in [0.29, 0.717) is 6.04 Å². The summed E-state index contributed by atoms with van der Waals surface area (Å²) in [6, 6.07) is 6.40. The highest BCUT2D eigenvalue weighted by molar-refractivity contribution is 14.1. The van der Waals surface area contributed by atoms with Crippen molar-refractivity contribution >= 4 is 28.5 Å². The van der Waals surface area contributed by atoms with Crippen LogP contribution in [0.15, 0.2) is 18.2 Å². The lowest BCUT2D eigenvalue weighted by Gasteiger charge is -2.12. The van der Waals surface area contributed by atoms with E-state index in [9.17, 15) is 4.79 Å². The summed E-state index contributed by atoms with van der Waals surface area (Å²) in [7, 11) is 0. The lowest BCUT2D eigenvalue weighted by molar-refractivity contribution is 0.0949. The summed E-state index contributed by atoms with van der Waals surface area (Å²) in [5.41, 5.74) is 1.90. The van der Waals surface area contributed by atoms with Crippen LogP contribution in [-0.4, -0.2) is 25.0 Å². The number of amides is 1. The fourth-order valence-electron chi connectivity index (χ4n) is 2.06. The Morgan fingerprint density at radius 3 is 3.12 bits per heavy atom. The Labute approximate surface area is 116 Å². The molecule has 1 aromatic rings. The molecule has 1 amide bonds. The van der Waals surface area contributed by atoms with Gasteiger partial charge in [0.2, 0.25) is 0 Å². The maximum atomic E-state index is 12.0. The van der Waals surface area contributed by atoms with Gasteiger partial charge in [-0.3, -0.25) is 4.79 Å². The predicted molar refractivity (Wildman–Crippen MR) is 77.3 cm³/mol. The van der Waals surface area contributed by atoms with Crippen LogP contribution in [0.1, 0.15) is 28.8 Å². The van der Waals surface area contributed by atoms with E-state index < -0.39 is 0 Å². The summed E-state index contributed by atoms with van der Waals surface area (Å²) in [6.45, 7) is 3.80. The van der Waals surface area contributed by atoms with Gasteiger partial charge in [-0.2, -0.15) is 0 Å². The largest absolute Gasteiger partial charge is 0.350 e. The molecular weight excluding hydrogens is 327 g/mol. The molecule has 0 spiro atoms. The molecule has 1 heterocycles. The van der Waals surface area contributed by atoms with Gasteiger partial charge in [0.25, 0.3) is 5.91 Å². The van der Waals surface area contributed by atoms with E-state index in [1.807, 2.05) is 25.1 Å². The van der Waals surface area contributed by atoms with Crippen LogP contribution in [-0.2, 0) is 0 Å². The van der Waals surface area contributed by atoms with E-state index in [1.54, 1.807) is 0 Å². The number of hydrogen-bond donors (Lipinski definition) is 2. The van der Waals surface area contributed by atoms with Crippen LogP contribution in [0.2, 0.25) is 0 Å². The fourth-order valence-corrected chi connectivity index (χ4v) is 2.64. The van der Waals surface area contributed by atoms with E-state index in [4.69, 9.17) is 0 Å². The van der Waals surface area contributed by atoms with Gasteiger partial charge in [0.1, 0.15) is 0 Å². The van der Waals surface area contributed by atoms with Crippen molar-refractivity contribution < 1.29 is 4.79 Å². The standard InChI is InChI=1S/C13H17IN2O/c1-9-4-5-12(14)11(7-9)13(17)16-8-10-3-2-6-15-10/h4-5,7,10,15H,2-3,6,8H2,1H3,(H,16,17). The molecule has 1 fully saturated rings. The minimum atomic E-state index is 0.0341. The van der Waals surface area contributed by atoms with E-state index >= 15 is 0 Å². The van der Waals surface area contributed by atoms with Gasteiger partial charge in [0, 0.05) is 16.2 Å². The number of carbonyl (C=O) groups excluding carboxylic acids is 1. The third-order valence-electron chi connectivity index (χ3n) is 3.04. The Hall–Kier alpha value is -0.620. The molecule has 4 heteroatoms. The third kappa shape index (κ3) is 3.42. The third-order valence-corrected chi connectivity index (χ3v) is 3.98. The molecule has 92 valence electrons. The summed E-state index contributed by atoms with van der Waals surface area (Å²) < 4.78 is 1.00. The van der Waals surface area contributed by atoms with Crippen molar-refractivity contribution in [1.29, 1.82) is 0 Å². The Morgan fingerprint density at radius 1 is 1.59 bits per heavy atom. The van der Waals surface area contributed by atoms with E-state index in [2.05, 4.69) is 33.2 Å². The summed E-state index contributed by atoms with van der Waals surface area (Å²) >= 11 is 2.20. The predicted octanol–water partition coefficient (Wildman–Crippen LogP) is 2.08. The first-order valence-corrected chi connectivity index (χ1v) is 7.02. The van der Waals surface area contributed by atoms with Crippen LogP contribution in [0.3, 0.4) is 0 Å². The molecule has 1 aromatic carbocycles. The van der Waals surface area contributed by atoms with Crippen LogP contribution < -0.4 is 10.6 Å². The Bertz CT molecular complexity index is 414. The molecule has 1 atom stereocenters. The lowest BCUT2D eigenvalue weighted by Crippen LogP contribution is -2.37. The van der Waals surface area contributed by atoms with Crippen molar-refractivity contribution in [2.45, 2.75) is 25.8 Å². The molecule has 17 heavy (non-hydrogen) atoms. The van der Waals surface area contributed by atoms with Gasteiger partial charge in [-0.15, -0.1) is 0 Å². The molecule has 0 bridgehead atoms. The second kappa shape index (κ2) is 5.82. The zero-order valence-corrected chi connectivity index (χ0v) is 12.1. The van der Waals surface area contributed by atoms with Crippen LogP contribution >= 0.6 is 22.6 Å². The van der Waals surface area contributed by atoms with E-state index in [-0.39, 0.29) is 5.91 Å². The van der Waals surface area contributed by atoms with Gasteiger partial charge in [0.15, 0.2) is 0 Å². The highest BCUT2D eigenvalue weighted by atomic mass is 127. The highest BCUT2D eigenvalue weighted by Gasteiger charge is 2.16. The summed E-state index contributed by atoms with van der Waals surface area (Å²) in [6.07, 6.45) is 2.37. The highest BCUT2D eigenvalue weighted by Crippen LogP contribution is 2.14. The average Bonchev–Trinajstić information content (AvgIpc) is 2.82. The number of rotatable bonds is 3. The Kier molecular flexibility index (Phi) is 4.39. The van der Waals surface area contributed by atoms with E-state index in [0.717, 1.165) is 34.2 Å². The Balaban J connectivity index is 1.96. The zero-order chi connectivity index (χ0) is 12.3. The van der Waals surface area contributed by atoms with Gasteiger partial charge >= 0.3 is 0 Å². The van der Waals surface area contributed by atoms with Gasteiger partial charge in [-0.1, -0.05) is 11.6 Å². The molecule has 2 N–H and O–H groups in total. The molecule has 0 saturated carbocycles. The van der Waals surface area contributed by atoms with Crippen molar-refractivity contribution in [2.75, 3.05) is 13.1 Å². The minimum Gasteiger partial charge on any atom is -0.350 e. The smallest absolute Gasteiger partial charge is 0.252 e. The number of nitrogens with one attached hydrogen (secondary N) is 2. The van der Waals surface area contributed by atoms with Crippen molar-refractivity contribution in [3.63, 3.8) is 0 Å². The van der Waals surface area contributed by atoms with Crippen LogP contribution in [0, 0.1) is 10.5 Å². The number of carbonyl (C=O) groups is 1. The monoisotopic (exact) mass is 344 g/mol. The number of aryl methyl sites for hydroxylation is 1. The molecule has 1 saturated heterocycles. The summed E-state index contributed by atoms with van der Waals surface area (Å²) in [5.74, 6) is 0.0341. The number of hydrogen-bond acceptors (Lipinski definition) is 2. The molecule has 2 rings (SSSR count). The average molecular weight is 344 g/mol. The van der Waals surface area contributed by atoms with Crippen molar-refractivity contribution in [3.05, 3.63) is 32.9 Å². The first kappa shape index (κ1) is 12.8. The zero-order valence-electron chi connectivity index (χ0n) is 9.92. The Morgan fingerprint density at radius 2 is 2.41 bits per heavy atom. The SMILES string of the molecule is Cc1ccc(I)c(C(=O)NCC2CCCN2)c1. The first-order chi connectivity index (χ1) is 8.16. The molecular formula is C13H17IN2O. The minimum absolute atomic E-state index is 0.0341. The van der Waals surface area contributed by atoms with Crippen molar-refractivity contribution in [3.8, 4) is 0 Å². The van der Waals surface area contributed by atoms with E-state index in [1.165, 1.54) is 6.42 Å². The molecule has 3 nitrogen and oxygen atoms in total. The second-order valence-electron chi connectivity index (χ2n) is 4.49. The van der Waals surface area contributed by atoms with Gasteiger partial charge in [-0.05, 0) is 61.0 Å². The molecule has 1 unspecified atom stereocenters. The molecule has 0 radical (unpaired) electrons. The first-order valence-electron chi connectivity index (χ1n) is 5.94. The quantitative estimate of drug-likeness (QED) is 0.825. The molecule has 0 aliphatic carbocycles.